The summed E-state index contributed by atoms with van der Waals surface area (Å²) < 4.78 is 0. The first-order valence-corrected chi connectivity index (χ1v) is 8.95. The quantitative estimate of drug-likeness (QED) is 0.677. The van der Waals surface area contributed by atoms with Gasteiger partial charge >= 0.3 is 0 Å². The molecule has 0 aromatic rings. The Morgan fingerprint density at radius 2 is 1.91 bits per heavy atom. The van der Waals surface area contributed by atoms with Crippen LogP contribution in [0.25, 0.3) is 0 Å². The van der Waals surface area contributed by atoms with E-state index in [-0.39, 0.29) is 29.0 Å². The minimum Gasteiger partial charge on any atom is -0.393 e. The average Bonchev–Trinajstić information content (AvgIpc) is 2.77. The lowest BCUT2D eigenvalue weighted by atomic mass is 9.45. The molecule has 3 unspecified atom stereocenters. The zero-order chi connectivity index (χ0) is 15.7. The van der Waals surface area contributed by atoms with Crippen LogP contribution in [0.4, 0.5) is 0 Å². The predicted molar refractivity (Wildman–Crippen MR) is 84.0 cm³/mol. The summed E-state index contributed by atoms with van der Waals surface area (Å²) in [6, 6.07) is 0. The summed E-state index contributed by atoms with van der Waals surface area (Å²) in [6.45, 7) is 4.47. The van der Waals surface area contributed by atoms with Crippen LogP contribution in [0.5, 0.6) is 0 Å². The molecule has 3 saturated carbocycles. The first-order chi connectivity index (χ1) is 10.4. The van der Waals surface area contributed by atoms with Crippen LogP contribution in [0, 0.1) is 34.5 Å². The van der Waals surface area contributed by atoms with Crippen molar-refractivity contribution >= 4 is 5.78 Å². The highest BCUT2D eigenvalue weighted by Gasteiger charge is 2.61. The Labute approximate surface area is 132 Å². The van der Waals surface area contributed by atoms with Crippen LogP contribution in [0.3, 0.4) is 0 Å². The third-order valence-electron chi connectivity index (χ3n) is 7.89. The Kier molecular flexibility index (Phi) is 3.16. The van der Waals surface area contributed by atoms with Crippen LogP contribution < -0.4 is 0 Å². The first-order valence-electron chi connectivity index (χ1n) is 8.95. The van der Waals surface area contributed by atoms with Gasteiger partial charge in [0.15, 0.2) is 0 Å². The number of hydrogen-bond acceptors (Lipinski definition) is 3. The molecule has 0 spiro atoms. The topological polar surface area (TPSA) is 57.5 Å². The van der Waals surface area contributed by atoms with Gasteiger partial charge in [-0.2, -0.15) is 0 Å². The van der Waals surface area contributed by atoms with Crippen molar-refractivity contribution in [2.75, 3.05) is 0 Å². The van der Waals surface area contributed by atoms with Crippen LogP contribution in [-0.2, 0) is 4.79 Å². The fourth-order valence-corrected chi connectivity index (χ4v) is 6.53. The number of carbonyl (C=O) groups excluding carboxylic acids is 1. The van der Waals surface area contributed by atoms with Crippen LogP contribution in [0.2, 0.25) is 0 Å². The Morgan fingerprint density at radius 3 is 2.68 bits per heavy atom. The van der Waals surface area contributed by atoms with Crippen molar-refractivity contribution in [3.63, 3.8) is 0 Å². The molecule has 3 nitrogen and oxygen atoms in total. The van der Waals surface area contributed by atoms with Gasteiger partial charge in [0.05, 0.1) is 12.2 Å². The molecule has 3 fully saturated rings. The monoisotopic (exact) mass is 304 g/mol. The number of Topliss-reactive ketones (excluding diaryl/α,β-unsaturated/α-hetero) is 1. The Balaban J connectivity index is 1.73. The Hall–Kier alpha value is -0.670. The third-order valence-corrected chi connectivity index (χ3v) is 7.89. The fraction of sp³-hybridized carbons (Fsp3) is 0.842. The molecule has 0 heterocycles. The molecule has 0 bridgehead atoms. The van der Waals surface area contributed by atoms with Gasteiger partial charge < -0.3 is 10.2 Å². The molecule has 0 radical (unpaired) electrons. The normalized spacial score (nSPS) is 57.2. The van der Waals surface area contributed by atoms with Crippen LogP contribution >= 0.6 is 0 Å². The number of aliphatic hydroxyl groups is 2. The van der Waals surface area contributed by atoms with Gasteiger partial charge in [-0.05, 0) is 61.2 Å². The second-order valence-electron chi connectivity index (χ2n) is 8.74. The van der Waals surface area contributed by atoms with Gasteiger partial charge in [-0.3, -0.25) is 4.79 Å². The number of allylic oxidation sites excluding steroid dienone is 1. The van der Waals surface area contributed by atoms with Crippen molar-refractivity contribution in [2.24, 2.45) is 34.5 Å². The van der Waals surface area contributed by atoms with E-state index in [1.807, 2.05) is 6.08 Å². The minimum absolute atomic E-state index is 0.0795. The summed E-state index contributed by atoms with van der Waals surface area (Å²) in [5, 5.41) is 20.8. The summed E-state index contributed by atoms with van der Waals surface area (Å²) in [6.07, 6.45) is 8.74. The molecular weight excluding hydrogens is 276 g/mol. The molecule has 0 amide bonds. The highest BCUT2D eigenvalue weighted by molar-refractivity contribution is 5.87. The fourth-order valence-electron chi connectivity index (χ4n) is 6.53. The molecule has 8 atom stereocenters. The number of ketones is 1. The largest absolute Gasteiger partial charge is 0.393 e. The molecule has 4 rings (SSSR count). The molecule has 0 aliphatic heterocycles. The van der Waals surface area contributed by atoms with Crippen LogP contribution in [-0.4, -0.2) is 28.2 Å². The number of aliphatic hydroxyl groups excluding tert-OH is 2. The lowest BCUT2D eigenvalue weighted by Crippen LogP contribution is -2.57. The molecule has 0 aromatic heterocycles. The van der Waals surface area contributed by atoms with E-state index in [0.29, 0.717) is 30.0 Å². The summed E-state index contributed by atoms with van der Waals surface area (Å²) in [5.41, 5.74) is -0.112. The molecule has 122 valence electrons. The highest BCUT2D eigenvalue weighted by atomic mass is 16.3. The predicted octanol–water partition coefficient (Wildman–Crippen LogP) is 2.71. The summed E-state index contributed by atoms with van der Waals surface area (Å²) in [7, 11) is 0. The van der Waals surface area contributed by atoms with E-state index in [9.17, 15) is 15.0 Å². The van der Waals surface area contributed by atoms with Crippen molar-refractivity contribution in [3.05, 3.63) is 12.2 Å². The van der Waals surface area contributed by atoms with Gasteiger partial charge in [-0.1, -0.05) is 26.0 Å². The SMILES string of the molecule is C[C@]12C=CC(O)CC1CC(O)[C@@H]1[C@H]2CC[C@]2(C)C(=O)CC[C@@H]12. The Morgan fingerprint density at radius 1 is 1.14 bits per heavy atom. The number of fused-ring (bicyclic) bond motifs is 5. The molecular formula is C19H28O3. The molecule has 3 heteroatoms. The van der Waals surface area contributed by atoms with E-state index >= 15 is 0 Å². The second-order valence-corrected chi connectivity index (χ2v) is 8.74. The Bertz CT molecular complexity index is 527. The third kappa shape index (κ3) is 1.78. The van der Waals surface area contributed by atoms with E-state index in [1.54, 1.807) is 0 Å². The average molecular weight is 304 g/mol. The minimum atomic E-state index is -0.358. The molecule has 0 aromatic carbocycles. The maximum absolute atomic E-state index is 12.4. The zero-order valence-electron chi connectivity index (χ0n) is 13.7. The van der Waals surface area contributed by atoms with E-state index in [4.69, 9.17) is 0 Å². The van der Waals surface area contributed by atoms with E-state index < -0.39 is 0 Å². The summed E-state index contributed by atoms with van der Waals surface area (Å²) in [4.78, 5) is 12.4. The van der Waals surface area contributed by atoms with Gasteiger partial charge in [-0.15, -0.1) is 0 Å². The van der Waals surface area contributed by atoms with E-state index in [0.717, 1.165) is 32.1 Å². The van der Waals surface area contributed by atoms with E-state index in [2.05, 4.69) is 19.9 Å². The van der Waals surface area contributed by atoms with Crippen LogP contribution in [0.1, 0.15) is 52.4 Å². The van der Waals surface area contributed by atoms with Gasteiger partial charge in [-0.25, -0.2) is 0 Å². The number of carbonyl (C=O) groups is 1. The number of rotatable bonds is 0. The molecule has 4 aliphatic rings. The number of hydrogen-bond donors (Lipinski definition) is 2. The molecule has 2 N–H and O–H groups in total. The van der Waals surface area contributed by atoms with Gasteiger partial charge in [0, 0.05) is 11.8 Å². The lowest BCUT2D eigenvalue weighted by molar-refractivity contribution is -0.150. The molecule has 4 aliphatic carbocycles. The second kappa shape index (κ2) is 4.67. The maximum Gasteiger partial charge on any atom is 0.139 e. The van der Waals surface area contributed by atoms with Crippen molar-refractivity contribution in [2.45, 2.75) is 64.6 Å². The van der Waals surface area contributed by atoms with E-state index in [1.165, 1.54) is 0 Å². The van der Waals surface area contributed by atoms with Crippen molar-refractivity contribution in [1.82, 2.24) is 0 Å². The summed E-state index contributed by atoms with van der Waals surface area (Å²) in [5.74, 6) is 1.85. The van der Waals surface area contributed by atoms with Gasteiger partial charge in [0.1, 0.15) is 5.78 Å². The van der Waals surface area contributed by atoms with Gasteiger partial charge in [0.2, 0.25) is 0 Å². The lowest BCUT2D eigenvalue weighted by Gasteiger charge is -2.59. The highest BCUT2D eigenvalue weighted by Crippen LogP contribution is 2.64. The molecule has 0 saturated heterocycles. The van der Waals surface area contributed by atoms with Crippen LogP contribution in [0.15, 0.2) is 12.2 Å². The molecule has 22 heavy (non-hydrogen) atoms. The summed E-state index contributed by atoms with van der Waals surface area (Å²) >= 11 is 0. The standard InChI is InChI=1S/C19H28O3/c1-18-7-5-12(20)9-11(18)10-15(21)17-13-3-4-16(22)19(13,2)8-6-14(17)18/h5,7,11-15,17,20-21H,3-4,6,8-10H2,1-2H3/t11?,12?,13-,14+,15?,17-,18-,19-/m0/s1. The smallest absolute Gasteiger partial charge is 0.139 e. The van der Waals surface area contributed by atoms with Crippen molar-refractivity contribution in [3.8, 4) is 0 Å². The van der Waals surface area contributed by atoms with Crippen molar-refractivity contribution in [1.29, 1.82) is 0 Å². The zero-order valence-corrected chi connectivity index (χ0v) is 13.7. The van der Waals surface area contributed by atoms with Gasteiger partial charge in [0.25, 0.3) is 0 Å². The first kappa shape index (κ1) is 14.9. The maximum atomic E-state index is 12.4. The van der Waals surface area contributed by atoms with Crippen molar-refractivity contribution < 1.29 is 15.0 Å².